The Morgan fingerprint density at radius 2 is 1.72 bits per heavy atom. The first-order chi connectivity index (χ1) is 14.9. The van der Waals surface area contributed by atoms with Crippen molar-refractivity contribution in [2.45, 2.75) is 31.0 Å². The van der Waals surface area contributed by atoms with Gasteiger partial charge in [0.1, 0.15) is 0 Å². The molecule has 1 heterocycles. The van der Waals surface area contributed by atoms with E-state index in [0.717, 1.165) is 6.07 Å². The lowest BCUT2D eigenvalue weighted by atomic mass is 10.1. The summed E-state index contributed by atoms with van der Waals surface area (Å²) in [5, 5.41) is 8.63. The van der Waals surface area contributed by atoms with Crippen LogP contribution in [0.15, 0.2) is 41.3 Å². The first-order valence-electron chi connectivity index (χ1n) is 9.77. The van der Waals surface area contributed by atoms with Crippen LogP contribution in [0.1, 0.15) is 22.3 Å². The van der Waals surface area contributed by atoms with Crippen LogP contribution >= 0.6 is 11.6 Å². The van der Waals surface area contributed by atoms with Crippen molar-refractivity contribution in [2.75, 3.05) is 26.2 Å². The fraction of sp³-hybridized carbons (Fsp3) is 0.381. The molecule has 1 fully saturated rings. The summed E-state index contributed by atoms with van der Waals surface area (Å²) in [6.07, 6.45) is -4.79. The summed E-state index contributed by atoms with van der Waals surface area (Å²) in [7, 11) is -3.80. The molecule has 0 saturated carbocycles. The maximum Gasteiger partial charge on any atom is 0.417 e. The molecule has 6 nitrogen and oxygen atoms in total. The van der Waals surface area contributed by atoms with Crippen LogP contribution in [0, 0.1) is 6.92 Å². The van der Waals surface area contributed by atoms with Gasteiger partial charge in [0, 0.05) is 32.7 Å². The molecule has 3 rings (SSSR count). The summed E-state index contributed by atoms with van der Waals surface area (Å²) in [6.45, 7) is 3.26. The van der Waals surface area contributed by atoms with Gasteiger partial charge in [0.05, 0.1) is 21.9 Å². The zero-order valence-corrected chi connectivity index (χ0v) is 18.8. The topological polar surface area (TPSA) is 77.9 Å². The number of aryl methyl sites for hydroxylation is 1. The Hall–Kier alpha value is -2.14. The molecule has 0 spiro atoms. The molecular formula is C21H22ClF3N2O4S. The number of carboxylic acid groups (broad SMARTS) is 1. The second-order valence-corrected chi connectivity index (χ2v) is 10.1. The van der Waals surface area contributed by atoms with Gasteiger partial charge in [-0.2, -0.15) is 17.5 Å². The monoisotopic (exact) mass is 490 g/mol. The van der Waals surface area contributed by atoms with Crippen molar-refractivity contribution in [1.82, 2.24) is 9.21 Å². The Bertz CT molecular complexity index is 1110. The van der Waals surface area contributed by atoms with Crippen molar-refractivity contribution in [3.63, 3.8) is 0 Å². The van der Waals surface area contributed by atoms with Gasteiger partial charge in [-0.15, -0.1) is 0 Å². The minimum atomic E-state index is -4.52. The van der Waals surface area contributed by atoms with Crippen molar-refractivity contribution in [3.8, 4) is 0 Å². The van der Waals surface area contributed by atoms with Gasteiger partial charge in [-0.3, -0.25) is 9.69 Å². The molecule has 32 heavy (non-hydrogen) atoms. The summed E-state index contributed by atoms with van der Waals surface area (Å²) < 4.78 is 66.0. The van der Waals surface area contributed by atoms with E-state index >= 15 is 0 Å². The number of sulfonamides is 1. The molecule has 0 atom stereocenters. The first kappa shape index (κ1) is 24.5. The van der Waals surface area contributed by atoms with E-state index in [1.54, 1.807) is 13.0 Å². The van der Waals surface area contributed by atoms with E-state index in [2.05, 4.69) is 0 Å². The highest BCUT2D eigenvalue weighted by molar-refractivity contribution is 7.89. The van der Waals surface area contributed by atoms with Crippen LogP contribution in [0.4, 0.5) is 13.2 Å². The smallest absolute Gasteiger partial charge is 0.417 e. The molecule has 0 aromatic heterocycles. The third-order valence-electron chi connectivity index (χ3n) is 5.18. The number of piperazine rings is 1. The number of alkyl halides is 3. The number of benzene rings is 2. The average molecular weight is 491 g/mol. The Morgan fingerprint density at radius 3 is 2.28 bits per heavy atom. The van der Waals surface area contributed by atoms with E-state index < -0.39 is 27.7 Å². The number of carbonyl (C=O) groups is 1. The van der Waals surface area contributed by atoms with Crippen LogP contribution in [0.3, 0.4) is 0 Å². The van der Waals surface area contributed by atoms with E-state index in [1.807, 2.05) is 4.90 Å². The predicted molar refractivity (Wildman–Crippen MR) is 113 cm³/mol. The standard InChI is InChI=1S/C21H22ClF3N2O4S/c1-14-8-16(12-20(28)29)10-17(9-14)32(30,31)27-6-4-26(5-7-27)13-15-2-3-18(19(22)11-15)21(23,24)25/h2-3,8-11H,4-7,12-13H2,1H3,(H,28,29). The maximum atomic E-state index is 13.1. The van der Waals surface area contributed by atoms with Crippen LogP contribution in [0.25, 0.3) is 0 Å². The van der Waals surface area contributed by atoms with E-state index in [9.17, 15) is 26.4 Å². The van der Waals surface area contributed by atoms with E-state index in [4.69, 9.17) is 16.7 Å². The molecule has 0 bridgehead atoms. The second kappa shape index (κ2) is 9.38. The molecule has 11 heteroatoms. The van der Waals surface area contributed by atoms with Crippen molar-refractivity contribution >= 4 is 27.6 Å². The molecule has 0 unspecified atom stereocenters. The van der Waals surface area contributed by atoms with Crippen molar-refractivity contribution in [1.29, 1.82) is 0 Å². The Morgan fingerprint density at radius 1 is 1.06 bits per heavy atom. The van der Waals surface area contributed by atoms with Gasteiger partial charge in [-0.1, -0.05) is 23.7 Å². The lowest BCUT2D eigenvalue weighted by Gasteiger charge is -2.34. The van der Waals surface area contributed by atoms with Gasteiger partial charge in [0.25, 0.3) is 0 Å². The highest BCUT2D eigenvalue weighted by atomic mass is 35.5. The average Bonchev–Trinajstić information content (AvgIpc) is 2.66. The van der Waals surface area contributed by atoms with Crippen LogP contribution in [0.2, 0.25) is 5.02 Å². The number of aliphatic carboxylic acids is 1. The molecule has 1 aliphatic rings. The third-order valence-corrected chi connectivity index (χ3v) is 7.37. The SMILES string of the molecule is Cc1cc(CC(=O)O)cc(S(=O)(=O)N2CCN(Cc3ccc(C(F)(F)F)c(Cl)c3)CC2)c1. The number of hydrogen-bond donors (Lipinski definition) is 1. The van der Waals surface area contributed by atoms with Gasteiger partial charge >= 0.3 is 12.1 Å². The van der Waals surface area contributed by atoms with E-state index in [0.29, 0.717) is 36.3 Å². The first-order valence-corrected chi connectivity index (χ1v) is 11.6. The molecule has 2 aromatic rings. The summed E-state index contributed by atoms with van der Waals surface area (Å²) in [5.74, 6) is -1.05. The molecule has 2 aromatic carbocycles. The molecule has 174 valence electrons. The number of halogens is 4. The highest BCUT2D eigenvalue weighted by Crippen LogP contribution is 2.35. The number of nitrogens with zero attached hydrogens (tertiary/aromatic N) is 2. The normalized spacial score (nSPS) is 16.3. The minimum absolute atomic E-state index is 0.0525. The Balaban J connectivity index is 1.67. The Labute approximate surface area is 189 Å². The predicted octanol–water partition coefficient (Wildman–Crippen LogP) is 3.80. The molecular weight excluding hydrogens is 469 g/mol. The van der Waals surface area contributed by atoms with Crippen LogP contribution in [-0.4, -0.2) is 54.9 Å². The molecule has 1 aliphatic heterocycles. The lowest BCUT2D eigenvalue weighted by Crippen LogP contribution is -2.48. The number of carboxylic acids is 1. The van der Waals surface area contributed by atoms with Gasteiger partial charge in [0.15, 0.2) is 0 Å². The minimum Gasteiger partial charge on any atom is -0.481 e. The number of rotatable bonds is 6. The molecule has 1 saturated heterocycles. The zero-order valence-electron chi connectivity index (χ0n) is 17.2. The summed E-state index contributed by atoms with van der Waals surface area (Å²) in [4.78, 5) is 13.0. The van der Waals surface area contributed by atoms with Crippen LogP contribution in [-0.2, 0) is 34.0 Å². The van der Waals surface area contributed by atoms with Crippen LogP contribution < -0.4 is 0 Å². The number of hydrogen-bond acceptors (Lipinski definition) is 4. The van der Waals surface area contributed by atoms with Gasteiger partial charge in [-0.05, 0) is 47.9 Å². The molecule has 0 amide bonds. The third kappa shape index (κ3) is 5.80. The summed E-state index contributed by atoms with van der Waals surface area (Å²) in [5.41, 5.74) is 0.782. The molecule has 0 radical (unpaired) electrons. The van der Waals surface area contributed by atoms with Gasteiger partial charge in [-0.25, -0.2) is 8.42 Å². The fourth-order valence-electron chi connectivity index (χ4n) is 3.67. The lowest BCUT2D eigenvalue weighted by molar-refractivity contribution is -0.138. The van der Waals surface area contributed by atoms with Crippen molar-refractivity contribution < 1.29 is 31.5 Å². The van der Waals surface area contributed by atoms with Gasteiger partial charge < -0.3 is 5.11 Å². The van der Waals surface area contributed by atoms with Crippen LogP contribution in [0.5, 0.6) is 0 Å². The zero-order chi connectivity index (χ0) is 23.7. The second-order valence-electron chi connectivity index (χ2n) is 7.72. The largest absolute Gasteiger partial charge is 0.481 e. The van der Waals surface area contributed by atoms with Crippen molar-refractivity contribution in [3.05, 3.63) is 63.7 Å². The molecule has 0 aliphatic carbocycles. The maximum absolute atomic E-state index is 13.1. The van der Waals surface area contributed by atoms with Gasteiger partial charge in [0.2, 0.25) is 10.0 Å². The van der Waals surface area contributed by atoms with E-state index in [-0.39, 0.29) is 29.4 Å². The quantitative estimate of drug-likeness (QED) is 0.666. The summed E-state index contributed by atoms with van der Waals surface area (Å²) in [6, 6.07) is 8.13. The summed E-state index contributed by atoms with van der Waals surface area (Å²) >= 11 is 5.78. The van der Waals surface area contributed by atoms with Crippen molar-refractivity contribution in [2.24, 2.45) is 0 Å². The van der Waals surface area contributed by atoms with E-state index in [1.165, 1.54) is 28.6 Å². The fourth-order valence-corrected chi connectivity index (χ4v) is 5.56. The Kier molecular flexibility index (Phi) is 7.18. The molecule has 1 N–H and O–H groups in total. The highest BCUT2D eigenvalue weighted by Gasteiger charge is 2.33.